The first-order valence-corrected chi connectivity index (χ1v) is 18.6. The lowest BCUT2D eigenvalue weighted by molar-refractivity contribution is -0.147. The molecule has 0 bridgehead atoms. The average Bonchev–Trinajstić information content (AvgIpc) is 3.92. The minimum absolute atomic E-state index is 0.0231. The van der Waals surface area contributed by atoms with Crippen molar-refractivity contribution in [1.29, 1.82) is 0 Å². The molecular weight excluding hydrogens is 628 g/mol. The fraction of sp³-hybridized carbons (Fsp3) is 0.692. The fourth-order valence-corrected chi connectivity index (χ4v) is 8.93. The summed E-state index contributed by atoms with van der Waals surface area (Å²) in [7, 11) is 0. The highest BCUT2D eigenvalue weighted by Crippen LogP contribution is 2.62. The SMILES string of the molecule is CCC(=O)C(=O)[C@@H](CC(=O)[C@@H]1C[C@]2(CC(c3cccc(Cl)c3)=NO2)CN1C(=O)[C@@H](CC(=O)[C@H]1CC12CCCCC2)C(C)(C)C)CC1CC1. The topological polar surface area (TPSA) is 110 Å². The molecule has 6 rings (SSSR count). The molecule has 1 amide bonds. The molecule has 0 aromatic heterocycles. The van der Waals surface area contributed by atoms with Crippen LogP contribution >= 0.6 is 11.6 Å². The Morgan fingerprint density at radius 2 is 1.75 bits per heavy atom. The van der Waals surface area contributed by atoms with Crippen LogP contribution in [0.2, 0.25) is 5.02 Å². The Hall–Kier alpha value is -2.87. The summed E-state index contributed by atoms with van der Waals surface area (Å²) in [4.78, 5) is 76.3. The van der Waals surface area contributed by atoms with Gasteiger partial charge in [0.15, 0.2) is 17.2 Å². The molecule has 5 atom stereocenters. The Kier molecular flexibility index (Phi) is 9.80. The number of likely N-dealkylation sites (tertiary alicyclic amines) is 1. The molecule has 3 saturated carbocycles. The number of oxime groups is 1. The van der Waals surface area contributed by atoms with Crippen molar-refractivity contribution in [3.05, 3.63) is 34.9 Å². The van der Waals surface area contributed by atoms with Crippen LogP contribution in [0.25, 0.3) is 0 Å². The Morgan fingerprint density at radius 1 is 1.02 bits per heavy atom. The van der Waals surface area contributed by atoms with Gasteiger partial charge in [0.05, 0.1) is 18.3 Å². The molecule has 2 heterocycles. The van der Waals surface area contributed by atoms with Gasteiger partial charge in [-0.1, -0.05) is 88.7 Å². The number of carbonyl (C=O) groups is 5. The number of carbonyl (C=O) groups excluding carboxylic acids is 5. The van der Waals surface area contributed by atoms with E-state index in [0.29, 0.717) is 29.5 Å². The zero-order valence-electron chi connectivity index (χ0n) is 29.0. The summed E-state index contributed by atoms with van der Waals surface area (Å²) in [5, 5.41) is 4.99. The molecule has 0 unspecified atom stereocenters. The fourth-order valence-electron chi connectivity index (χ4n) is 8.74. The highest BCUT2D eigenvalue weighted by Gasteiger charge is 2.59. The summed E-state index contributed by atoms with van der Waals surface area (Å²) < 4.78 is 0. The first-order chi connectivity index (χ1) is 22.7. The maximum Gasteiger partial charge on any atom is 0.227 e. The highest BCUT2D eigenvalue weighted by molar-refractivity contribution is 6.38. The van der Waals surface area contributed by atoms with Crippen LogP contribution in [0.3, 0.4) is 0 Å². The van der Waals surface area contributed by atoms with Gasteiger partial charge in [-0.05, 0) is 54.6 Å². The summed E-state index contributed by atoms with van der Waals surface area (Å²) >= 11 is 6.27. The van der Waals surface area contributed by atoms with Crippen molar-refractivity contribution >= 4 is 46.4 Å². The van der Waals surface area contributed by atoms with Crippen molar-refractivity contribution in [2.45, 2.75) is 129 Å². The second-order valence-corrected chi connectivity index (χ2v) is 17.1. The quantitative estimate of drug-likeness (QED) is 0.202. The van der Waals surface area contributed by atoms with E-state index in [1.165, 1.54) is 19.3 Å². The molecule has 4 fully saturated rings. The van der Waals surface area contributed by atoms with E-state index in [9.17, 15) is 24.0 Å². The number of nitrogens with zero attached hydrogens (tertiary/aromatic N) is 2. The van der Waals surface area contributed by atoms with Gasteiger partial charge in [-0.25, -0.2) is 0 Å². The molecule has 1 aromatic rings. The van der Waals surface area contributed by atoms with Gasteiger partial charge in [-0.15, -0.1) is 0 Å². The van der Waals surface area contributed by atoms with Gasteiger partial charge in [0.2, 0.25) is 11.7 Å². The van der Waals surface area contributed by atoms with Gasteiger partial charge >= 0.3 is 0 Å². The van der Waals surface area contributed by atoms with Crippen LogP contribution in [0.15, 0.2) is 29.4 Å². The third kappa shape index (κ3) is 7.34. The molecule has 9 heteroatoms. The standard InChI is InChI=1S/C39H51ClN2O6/c1-5-32(43)35(46)26(16-24-12-13-24)18-34(45)31-22-39(21-30(41-48-39)25-10-9-11-27(40)17-25)23-42(31)36(47)28(37(2,3)4)19-33(44)29-20-38(29)14-7-6-8-15-38/h9-11,17,24,26,28-29,31H,5-8,12-16,18-23H2,1-4H3/t26-,28-,29-,31+,39-/m1/s1. The minimum Gasteiger partial charge on any atom is -0.387 e. The van der Waals surface area contributed by atoms with E-state index in [1.807, 2.05) is 39.0 Å². The lowest BCUT2D eigenvalue weighted by Gasteiger charge is -2.35. The molecule has 1 aromatic carbocycles. The van der Waals surface area contributed by atoms with Crippen molar-refractivity contribution in [2.75, 3.05) is 6.54 Å². The van der Waals surface area contributed by atoms with E-state index in [0.717, 1.165) is 37.7 Å². The van der Waals surface area contributed by atoms with Crippen LogP contribution in [0.4, 0.5) is 0 Å². The van der Waals surface area contributed by atoms with E-state index >= 15 is 0 Å². The monoisotopic (exact) mass is 678 g/mol. The van der Waals surface area contributed by atoms with Crippen molar-refractivity contribution in [2.24, 2.45) is 39.7 Å². The summed E-state index contributed by atoms with van der Waals surface area (Å²) in [6, 6.07) is 6.52. The number of ketones is 4. The summed E-state index contributed by atoms with van der Waals surface area (Å²) in [5.41, 5.74) is 0.198. The van der Waals surface area contributed by atoms with E-state index in [4.69, 9.17) is 16.4 Å². The predicted molar refractivity (Wildman–Crippen MR) is 183 cm³/mol. The Morgan fingerprint density at radius 3 is 2.40 bits per heavy atom. The first-order valence-electron chi connectivity index (χ1n) is 18.2. The number of rotatable bonds is 13. The smallest absolute Gasteiger partial charge is 0.227 e. The zero-order valence-corrected chi connectivity index (χ0v) is 29.8. The number of hydrogen-bond acceptors (Lipinski definition) is 7. The molecule has 260 valence electrons. The van der Waals surface area contributed by atoms with Crippen LogP contribution < -0.4 is 0 Å². The van der Waals surface area contributed by atoms with Crippen molar-refractivity contribution in [1.82, 2.24) is 4.90 Å². The van der Waals surface area contributed by atoms with Gasteiger partial charge in [-0.2, -0.15) is 0 Å². The van der Waals surface area contributed by atoms with E-state index in [1.54, 1.807) is 17.9 Å². The largest absolute Gasteiger partial charge is 0.387 e. The number of amides is 1. The van der Waals surface area contributed by atoms with E-state index < -0.39 is 40.5 Å². The molecule has 2 spiro atoms. The van der Waals surface area contributed by atoms with Gasteiger partial charge in [-0.3, -0.25) is 24.0 Å². The number of halogens is 1. The molecule has 0 N–H and O–H groups in total. The molecule has 3 aliphatic carbocycles. The normalized spacial score (nSPS) is 27.4. The van der Waals surface area contributed by atoms with Crippen molar-refractivity contribution in [3.8, 4) is 0 Å². The summed E-state index contributed by atoms with van der Waals surface area (Å²) in [6.07, 6.45) is 9.97. The maximum atomic E-state index is 14.7. The van der Waals surface area contributed by atoms with Crippen LogP contribution in [-0.2, 0) is 28.8 Å². The number of hydrogen-bond donors (Lipinski definition) is 0. The Bertz CT molecular complexity index is 1500. The van der Waals surface area contributed by atoms with Crippen LogP contribution in [0.5, 0.6) is 0 Å². The predicted octanol–water partition coefficient (Wildman–Crippen LogP) is 7.32. The van der Waals surface area contributed by atoms with E-state index in [2.05, 4.69) is 5.16 Å². The van der Waals surface area contributed by atoms with Crippen LogP contribution in [0.1, 0.15) is 123 Å². The Labute approximate surface area is 289 Å². The van der Waals surface area contributed by atoms with Gasteiger partial charge in [0.25, 0.3) is 0 Å². The van der Waals surface area contributed by atoms with Crippen molar-refractivity contribution < 1.29 is 28.8 Å². The third-order valence-electron chi connectivity index (χ3n) is 12.0. The molecule has 2 aliphatic heterocycles. The van der Waals surface area contributed by atoms with Crippen molar-refractivity contribution in [3.63, 3.8) is 0 Å². The highest BCUT2D eigenvalue weighted by atomic mass is 35.5. The minimum atomic E-state index is -0.919. The van der Waals surface area contributed by atoms with Crippen LogP contribution in [0, 0.1) is 34.5 Å². The van der Waals surface area contributed by atoms with Gasteiger partial charge < -0.3 is 9.74 Å². The second kappa shape index (κ2) is 13.4. The van der Waals surface area contributed by atoms with Crippen LogP contribution in [-0.4, -0.2) is 57.8 Å². The molecule has 8 nitrogen and oxygen atoms in total. The zero-order chi connectivity index (χ0) is 34.4. The van der Waals surface area contributed by atoms with Gasteiger partial charge in [0, 0.05) is 60.4 Å². The Balaban J connectivity index is 1.25. The summed E-state index contributed by atoms with van der Waals surface area (Å²) in [6.45, 7) is 7.78. The molecule has 5 aliphatic rings. The molecule has 0 radical (unpaired) electrons. The third-order valence-corrected chi connectivity index (χ3v) is 12.2. The molecule has 48 heavy (non-hydrogen) atoms. The summed E-state index contributed by atoms with van der Waals surface area (Å²) in [5.74, 6) is -2.15. The lowest BCUT2D eigenvalue weighted by Crippen LogP contribution is -2.48. The van der Waals surface area contributed by atoms with Gasteiger partial charge in [0.1, 0.15) is 5.78 Å². The molecule has 1 saturated heterocycles. The number of Topliss-reactive ketones (excluding diaryl/α,β-unsaturated/α-hetero) is 4. The second-order valence-electron chi connectivity index (χ2n) is 16.6. The van der Waals surface area contributed by atoms with E-state index in [-0.39, 0.29) is 61.0 Å². The first kappa shape index (κ1) is 35.0. The maximum absolute atomic E-state index is 14.7. The lowest BCUT2D eigenvalue weighted by atomic mass is 9.75. The average molecular weight is 679 g/mol. The number of benzene rings is 1. The molecular formula is C39H51ClN2O6.